The third-order valence-corrected chi connectivity index (χ3v) is 6.74. The number of nitrogens with one attached hydrogen (secondary N) is 1. The van der Waals surface area contributed by atoms with Crippen LogP contribution >= 0.6 is 24.0 Å². The summed E-state index contributed by atoms with van der Waals surface area (Å²) in [7, 11) is 1.63. The molecule has 1 aromatic carbocycles. The zero-order valence-electron chi connectivity index (χ0n) is 18.6. The number of hydrogen-bond donors (Lipinski definition) is 1. The molecular weight excluding hydrogens is 456 g/mol. The Morgan fingerprint density at radius 3 is 2.67 bits per heavy atom. The molecule has 1 N–H and O–H groups in total. The van der Waals surface area contributed by atoms with Crippen LogP contribution in [0.5, 0.6) is 5.75 Å². The largest absolute Gasteiger partial charge is 0.497 e. The molecule has 0 aliphatic carbocycles. The molecule has 0 radical (unpaired) electrons. The number of ether oxygens (including phenoxy) is 1. The van der Waals surface area contributed by atoms with Crippen molar-refractivity contribution in [3.63, 3.8) is 0 Å². The molecule has 0 unspecified atom stereocenters. The van der Waals surface area contributed by atoms with Gasteiger partial charge in [-0.3, -0.25) is 18.9 Å². The fraction of sp³-hybridized carbons (Fsp3) is 0.250. The number of aryl methyl sites for hydroxylation is 1. The summed E-state index contributed by atoms with van der Waals surface area (Å²) in [5.41, 5.74) is 2.67. The Morgan fingerprint density at radius 2 is 1.97 bits per heavy atom. The second-order valence-electron chi connectivity index (χ2n) is 7.53. The van der Waals surface area contributed by atoms with E-state index >= 15 is 0 Å². The molecule has 4 rings (SSSR count). The van der Waals surface area contributed by atoms with Gasteiger partial charge < -0.3 is 10.1 Å². The molecule has 9 heteroatoms. The van der Waals surface area contributed by atoms with Gasteiger partial charge in [0.1, 0.15) is 21.5 Å². The van der Waals surface area contributed by atoms with E-state index in [1.165, 1.54) is 16.2 Å². The second kappa shape index (κ2) is 9.76. The second-order valence-corrected chi connectivity index (χ2v) is 9.20. The Kier molecular flexibility index (Phi) is 6.80. The number of thioether (sulfide) groups is 1. The zero-order valence-corrected chi connectivity index (χ0v) is 20.3. The highest BCUT2D eigenvalue weighted by Gasteiger charge is 2.32. The first-order valence-electron chi connectivity index (χ1n) is 10.6. The molecule has 2 aromatic heterocycles. The molecule has 1 aliphatic heterocycles. The number of rotatable bonds is 7. The molecule has 170 valence electrons. The summed E-state index contributed by atoms with van der Waals surface area (Å²) in [5, 5.41) is 3.16. The van der Waals surface area contributed by atoms with Crippen LogP contribution < -0.4 is 15.6 Å². The normalized spacial score (nSPS) is 15.0. The van der Waals surface area contributed by atoms with Crippen molar-refractivity contribution in [2.24, 2.45) is 0 Å². The van der Waals surface area contributed by atoms with Gasteiger partial charge in [0.25, 0.3) is 11.5 Å². The highest BCUT2D eigenvalue weighted by atomic mass is 32.2. The van der Waals surface area contributed by atoms with E-state index in [-0.39, 0.29) is 11.5 Å². The van der Waals surface area contributed by atoms with Crippen molar-refractivity contribution >= 4 is 51.7 Å². The van der Waals surface area contributed by atoms with Gasteiger partial charge in [0.2, 0.25) is 0 Å². The number of aromatic nitrogens is 2. The van der Waals surface area contributed by atoms with Crippen LogP contribution in [0, 0.1) is 6.92 Å². The van der Waals surface area contributed by atoms with Crippen LogP contribution in [0.3, 0.4) is 0 Å². The highest BCUT2D eigenvalue weighted by Crippen LogP contribution is 2.33. The van der Waals surface area contributed by atoms with Crippen LogP contribution in [0.25, 0.3) is 11.7 Å². The van der Waals surface area contributed by atoms with E-state index in [0.717, 1.165) is 16.9 Å². The standard InChI is InChI=1S/C24H24N4O3S2/c1-4-25-20-18(22(29)27-12-5-6-15(2)21(27)26-20)14-19-23(30)28(24(32)33-19)13-11-16-7-9-17(31-3)10-8-16/h5-10,12,14,25H,4,11,13H2,1-3H3. The van der Waals surface area contributed by atoms with Crippen LogP contribution in [0.4, 0.5) is 5.82 Å². The van der Waals surface area contributed by atoms with E-state index in [1.54, 1.807) is 30.3 Å². The number of carbonyl (C=O) groups is 1. The number of fused-ring (bicyclic) bond motifs is 1. The number of hydrogen-bond acceptors (Lipinski definition) is 7. The lowest BCUT2D eigenvalue weighted by molar-refractivity contribution is -0.122. The van der Waals surface area contributed by atoms with Crippen molar-refractivity contribution < 1.29 is 9.53 Å². The van der Waals surface area contributed by atoms with Crippen molar-refractivity contribution in [3.8, 4) is 5.75 Å². The van der Waals surface area contributed by atoms with Crippen molar-refractivity contribution in [1.82, 2.24) is 14.3 Å². The number of amides is 1. The van der Waals surface area contributed by atoms with Gasteiger partial charge in [-0.25, -0.2) is 4.98 Å². The third-order valence-electron chi connectivity index (χ3n) is 5.36. The van der Waals surface area contributed by atoms with E-state index in [0.29, 0.717) is 45.8 Å². The maximum absolute atomic E-state index is 13.3. The zero-order chi connectivity index (χ0) is 23.5. The lowest BCUT2D eigenvalue weighted by Crippen LogP contribution is -2.30. The van der Waals surface area contributed by atoms with Gasteiger partial charge in [-0.15, -0.1) is 0 Å². The molecule has 0 atom stereocenters. The van der Waals surface area contributed by atoms with Gasteiger partial charge in [0, 0.05) is 19.3 Å². The summed E-state index contributed by atoms with van der Waals surface area (Å²) in [6, 6.07) is 11.4. The first kappa shape index (κ1) is 23.0. The molecule has 3 heterocycles. The molecule has 1 amide bonds. The molecule has 0 saturated carbocycles. The fourth-order valence-electron chi connectivity index (χ4n) is 3.60. The molecule has 1 saturated heterocycles. The van der Waals surface area contributed by atoms with E-state index in [9.17, 15) is 9.59 Å². The Balaban J connectivity index is 1.63. The van der Waals surface area contributed by atoms with Gasteiger partial charge in [-0.2, -0.15) is 0 Å². The van der Waals surface area contributed by atoms with Crippen LogP contribution in [-0.4, -0.2) is 44.7 Å². The lowest BCUT2D eigenvalue weighted by Gasteiger charge is -2.14. The number of pyridine rings is 1. The summed E-state index contributed by atoms with van der Waals surface area (Å²) >= 11 is 6.68. The molecule has 3 aromatic rings. The summed E-state index contributed by atoms with van der Waals surface area (Å²) in [6.07, 6.45) is 3.95. The van der Waals surface area contributed by atoms with E-state index in [1.807, 2.05) is 44.2 Å². The van der Waals surface area contributed by atoms with Crippen molar-refractivity contribution in [2.75, 3.05) is 25.5 Å². The number of nitrogens with zero attached hydrogens (tertiary/aromatic N) is 3. The average molecular weight is 481 g/mol. The molecular formula is C24H24N4O3S2. The Bertz CT molecular complexity index is 1320. The number of thiocarbonyl (C=S) groups is 1. The highest BCUT2D eigenvalue weighted by molar-refractivity contribution is 8.26. The van der Waals surface area contributed by atoms with Crippen molar-refractivity contribution in [3.05, 3.63) is 74.5 Å². The predicted molar refractivity (Wildman–Crippen MR) is 137 cm³/mol. The average Bonchev–Trinajstić information content (AvgIpc) is 3.08. The van der Waals surface area contributed by atoms with Crippen LogP contribution in [0.15, 0.2) is 52.3 Å². The van der Waals surface area contributed by atoms with E-state index < -0.39 is 0 Å². The van der Waals surface area contributed by atoms with Crippen LogP contribution in [0.1, 0.15) is 23.6 Å². The maximum atomic E-state index is 13.3. The van der Waals surface area contributed by atoms with Crippen LogP contribution in [-0.2, 0) is 11.2 Å². The summed E-state index contributed by atoms with van der Waals surface area (Å²) in [5.74, 6) is 1.05. The first-order valence-corrected chi connectivity index (χ1v) is 11.8. The molecule has 0 bridgehead atoms. The van der Waals surface area contributed by atoms with Gasteiger partial charge in [0.05, 0.1) is 17.6 Å². The van der Waals surface area contributed by atoms with Gasteiger partial charge >= 0.3 is 0 Å². The lowest BCUT2D eigenvalue weighted by atomic mass is 10.1. The molecule has 0 spiro atoms. The quantitative estimate of drug-likeness (QED) is 0.406. The molecule has 1 fully saturated rings. The fourth-order valence-corrected chi connectivity index (χ4v) is 4.89. The molecule has 7 nitrogen and oxygen atoms in total. The Hall–Kier alpha value is -3.17. The number of anilines is 1. The van der Waals surface area contributed by atoms with Crippen molar-refractivity contribution in [1.29, 1.82) is 0 Å². The minimum absolute atomic E-state index is 0.199. The summed E-state index contributed by atoms with van der Waals surface area (Å²) < 4.78 is 7.18. The maximum Gasteiger partial charge on any atom is 0.267 e. The van der Waals surface area contributed by atoms with Crippen molar-refractivity contribution in [2.45, 2.75) is 20.3 Å². The first-order chi connectivity index (χ1) is 15.9. The van der Waals surface area contributed by atoms with Gasteiger partial charge in [0.15, 0.2) is 0 Å². The van der Waals surface area contributed by atoms with Gasteiger partial charge in [-0.1, -0.05) is 42.2 Å². The summed E-state index contributed by atoms with van der Waals surface area (Å²) in [6.45, 7) is 4.90. The SMILES string of the molecule is CCNc1nc2c(C)cccn2c(=O)c1C=C1SC(=S)N(CCc2ccc(OC)cc2)C1=O. The van der Waals surface area contributed by atoms with E-state index in [2.05, 4.69) is 10.3 Å². The van der Waals surface area contributed by atoms with Crippen LogP contribution in [0.2, 0.25) is 0 Å². The predicted octanol–water partition coefficient (Wildman–Crippen LogP) is 3.89. The smallest absolute Gasteiger partial charge is 0.267 e. The van der Waals surface area contributed by atoms with E-state index in [4.69, 9.17) is 17.0 Å². The minimum Gasteiger partial charge on any atom is -0.497 e. The monoisotopic (exact) mass is 480 g/mol. The number of benzene rings is 1. The Morgan fingerprint density at radius 1 is 1.21 bits per heavy atom. The van der Waals surface area contributed by atoms with Gasteiger partial charge in [-0.05, 0) is 55.7 Å². The Labute approximate surface area is 201 Å². The molecule has 1 aliphatic rings. The number of methoxy groups -OCH3 is 1. The summed E-state index contributed by atoms with van der Waals surface area (Å²) in [4.78, 5) is 33.0. The third kappa shape index (κ3) is 4.65. The topological polar surface area (TPSA) is 75.9 Å². The number of carbonyl (C=O) groups excluding carboxylic acids is 1. The minimum atomic E-state index is -0.233. The molecule has 33 heavy (non-hydrogen) atoms.